The van der Waals surface area contributed by atoms with Crippen molar-refractivity contribution in [3.63, 3.8) is 0 Å². The largest absolute Gasteiger partial charge is 0.497 e. The molecule has 0 unspecified atom stereocenters. The number of halogens is 2. The zero-order chi connectivity index (χ0) is 18.0. The molecule has 0 spiro atoms. The second kappa shape index (κ2) is 7.45. The fraction of sp³-hybridized carbons (Fsp3) is 0.111. The number of methoxy groups -OCH3 is 1. The predicted molar refractivity (Wildman–Crippen MR) is 106 cm³/mol. The van der Waals surface area contributed by atoms with Crippen molar-refractivity contribution in [2.45, 2.75) is 6.54 Å². The molecule has 25 heavy (non-hydrogen) atoms. The lowest BCUT2D eigenvalue weighted by Gasteiger charge is -2.08. The number of hydrogen-bond acceptors (Lipinski definition) is 3. The van der Waals surface area contributed by atoms with E-state index in [1.807, 2.05) is 18.2 Å². The third-order valence-electron chi connectivity index (χ3n) is 3.76. The minimum atomic E-state index is -0.434. The molecule has 0 radical (unpaired) electrons. The molecule has 0 saturated carbocycles. The minimum absolute atomic E-state index is 0.0607. The van der Waals surface area contributed by atoms with E-state index in [4.69, 9.17) is 16.3 Å². The number of rotatable bonds is 4. The molecule has 1 aromatic heterocycles. The van der Waals surface area contributed by atoms with Gasteiger partial charge in [-0.1, -0.05) is 23.7 Å². The monoisotopic (exact) mass is 468 g/mol. The zero-order valence-corrected chi connectivity index (χ0v) is 16.1. The highest BCUT2D eigenvalue weighted by Crippen LogP contribution is 2.23. The summed E-state index contributed by atoms with van der Waals surface area (Å²) in [6, 6.07) is 10.6. The Morgan fingerprint density at radius 1 is 1.28 bits per heavy atom. The van der Waals surface area contributed by atoms with E-state index < -0.39 is 5.91 Å². The van der Waals surface area contributed by atoms with E-state index in [-0.39, 0.29) is 11.0 Å². The highest BCUT2D eigenvalue weighted by molar-refractivity contribution is 14.1. The lowest BCUT2D eigenvalue weighted by atomic mass is 10.1. The number of benzene rings is 2. The van der Waals surface area contributed by atoms with E-state index in [0.717, 1.165) is 9.13 Å². The highest BCUT2D eigenvalue weighted by Gasteiger charge is 2.15. The van der Waals surface area contributed by atoms with Gasteiger partial charge in [0.2, 0.25) is 5.43 Å². The molecular formula is C18H14ClIN2O3. The van der Waals surface area contributed by atoms with Gasteiger partial charge in [0.15, 0.2) is 0 Å². The summed E-state index contributed by atoms with van der Waals surface area (Å²) in [4.78, 5) is 28.1. The summed E-state index contributed by atoms with van der Waals surface area (Å²) in [6.07, 6.45) is 1.44. The normalized spacial score (nSPS) is 10.7. The zero-order valence-electron chi connectivity index (χ0n) is 13.2. The van der Waals surface area contributed by atoms with Crippen LogP contribution in [-0.2, 0) is 6.54 Å². The van der Waals surface area contributed by atoms with Crippen molar-refractivity contribution >= 4 is 51.0 Å². The van der Waals surface area contributed by atoms with E-state index >= 15 is 0 Å². The molecule has 0 aliphatic heterocycles. The molecule has 0 aliphatic carbocycles. The lowest BCUT2D eigenvalue weighted by molar-refractivity contribution is 0.0949. The standard InChI is InChI=1S/C18H14ClIN2O3/c1-25-12-6-13-16(15(20)7-12)21-9-14(17(13)23)18(24)22-8-10-2-4-11(19)5-3-10/h2-7,9H,8H2,1H3,(H,21,23)(H,22,24). The number of carbonyl (C=O) groups is 1. The first kappa shape index (κ1) is 17.8. The molecule has 2 N–H and O–H groups in total. The maximum atomic E-state index is 12.7. The van der Waals surface area contributed by atoms with Crippen LogP contribution in [0.3, 0.4) is 0 Å². The molecule has 5 nitrogen and oxygen atoms in total. The van der Waals surface area contributed by atoms with Gasteiger partial charge in [-0.2, -0.15) is 0 Å². The molecule has 1 amide bonds. The molecular weight excluding hydrogens is 455 g/mol. The fourth-order valence-corrected chi connectivity index (χ4v) is 3.31. The summed E-state index contributed by atoms with van der Waals surface area (Å²) in [6.45, 7) is 0.309. The van der Waals surface area contributed by atoms with Crippen LogP contribution in [0.1, 0.15) is 15.9 Å². The smallest absolute Gasteiger partial charge is 0.257 e. The Morgan fingerprint density at radius 2 is 2.00 bits per heavy atom. The lowest BCUT2D eigenvalue weighted by Crippen LogP contribution is -2.28. The van der Waals surface area contributed by atoms with Crippen molar-refractivity contribution in [1.82, 2.24) is 10.3 Å². The molecule has 3 aromatic rings. The van der Waals surface area contributed by atoms with Crippen molar-refractivity contribution in [3.05, 3.63) is 72.5 Å². The topological polar surface area (TPSA) is 71.2 Å². The van der Waals surface area contributed by atoms with Gasteiger partial charge in [0.05, 0.1) is 18.0 Å². The average molecular weight is 469 g/mol. The number of H-pyrrole nitrogens is 1. The van der Waals surface area contributed by atoms with Crippen LogP contribution in [0.5, 0.6) is 5.75 Å². The van der Waals surface area contributed by atoms with Crippen LogP contribution >= 0.6 is 34.2 Å². The van der Waals surface area contributed by atoms with Crippen molar-refractivity contribution in [2.75, 3.05) is 7.11 Å². The van der Waals surface area contributed by atoms with Gasteiger partial charge >= 0.3 is 0 Å². The minimum Gasteiger partial charge on any atom is -0.497 e. The number of hydrogen-bond donors (Lipinski definition) is 2. The number of nitrogens with one attached hydrogen (secondary N) is 2. The molecule has 3 rings (SSSR count). The highest BCUT2D eigenvalue weighted by atomic mass is 127. The van der Waals surface area contributed by atoms with Gasteiger partial charge in [0.25, 0.3) is 5.91 Å². The van der Waals surface area contributed by atoms with Gasteiger partial charge in [-0.25, -0.2) is 0 Å². The molecule has 0 fully saturated rings. The van der Waals surface area contributed by atoms with Crippen LogP contribution in [0.4, 0.5) is 0 Å². The second-order valence-electron chi connectivity index (χ2n) is 5.37. The summed E-state index contributed by atoms with van der Waals surface area (Å²) in [7, 11) is 1.54. The Balaban J connectivity index is 1.90. The van der Waals surface area contributed by atoms with Gasteiger partial charge in [-0.3, -0.25) is 9.59 Å². The molecule has 0 saturated heterocycles. The van der Waals surface area contributed by atoms with Gasteiger partial charge in [0, 0.05) is 21.3 Å². The third-order valence-corrected chi connectivity index (χ3v) is 4.86. The summed E-state index contributed by atoms with van der Waals surface area (Å²) < 4.78 is 6.05. The first-order valence-electron chi connectivity index (χ1n) is 7.41. The van der Waals surface area contributed by atoms with Crippen LogP contribution < -0.4 is 15.5 Å². The Hall–Kier alpha value is -2.06. The van der Waals surface area contributed by atoms with Crippen molar-refractivity contribution < 1.29 is 9.53 Å². The SMILES string of the molecule is COc1cc(I)c2[nH]cc(C(=O)NCc3ccc(Cl)cc3)c(=O)c2c1. The van der Waals surface area contributed by atoms with Crippen molar-refractivity contribution in [1.29, 1.82) is 0 Å². The third kappa shape index (κ3) is 3.80. The summed E-state index contributed by atoms with van der Waals surface area (Å²) in [5.74, 6) is 0.136. The fourth-order valence-electron chi connectivity index (χ4n) is 2.43. The Labute approximate surface area is 162 Å². The van der Waals surface area contributed by atoms with Crippen molar-refractivity contribution in [2.24, 2.45) is 0 Å². The van der Waals surface area contributed by atoms with E-state index in [1.165, 1.54) is 13.3 Å². The van der Waals surface area contributed by atoms with Crippen LogP contribution in [0.2, 0.25) is 5.02 Å². The predicted octanol–water partition coefficient (Wildman–Crippen LogP) is 3.72. The molecule has 7 heteroatoms. The molecule has 0 aliphatic rings. The number of ether oxygens (including phenoxy) is 1. The number of aromatic nitrogens is 1. The summed E-state index contributed by atoms with van der Waals surface area (Å²) >= 11 is 7.96. The van der Waals surface area contributed by atoms with Gasteiger partial charge in [0.1, 0.15) is 11.3 Å². The van der Waals surface area contributed by atoms with E-state index in [9.17, 15) is 9.59 Å². The van der Waals surface area contributed by atoms with Crippen molar-refractivity contribution in [3.8, 4) is 5.75 Å². The maximum Gasteiger partial charge on any atom is 0.257 e. The number of amides is 1. The van der Waals surface area contributed by atoms with E-state index in [0.29, 0.717) is 28.2 Å². The second-order valence-corrected chi connectivity index (χ2v) is 6.97. The maximum absolute atomic E-state index is 12.7. The number of carbonyl (C=O) groups excluding carboxylic acids is 1. The Morgan fingerprint density at radius 3 is 2.68 bits per heavy atom. The molecule has 1 heterocycles. The molecule has 128 valence electrons. The van der Waals surface area contributed by atoms with Gasteiger partial charge in [-0.15, -0.1) is 0 Å². The first-order chi connectivity index (χ1) is 12.0. The van der Waals surface area contributed by atoms with Crippen LogP contribution in [-0.4, -0.2) is 18.0 Å². The molecule has 0 bridgehead atoms. The Bertz CT molecular complexity index is 1000. The first-order valence-corrected chi connectivity index (χ1v) is 8.87. The van der Waals surface area contributed by atoms with Crippen LogP contribution in [0.15, 0.2) is 47.4 Å². The summed E-state index contributed by atoms with van der Waals surface area (Å²) in [5.41, 5.74) is 1.30. The summed E-state index contributed by atoms with van der Waals surface area (Å²) in [5, 5.41) is 3.80. The molecule has 2 aromatic carbocycles. The van der Waals surface area contributed by atoms with E-state index in [1.54, 1.807) is 18.2 Å². The quantitative estimate of drug-likeness (QED) is 0.573. The average Bonchev–Trinajstić information content (AvgIpc) is 2.61. The van der Waals surface area contributed by atoms with Gasteiger partial charge in [-0.05, 0) is 52.4 Å². The number of aromatic amines is 1. The molecule has 0 atom stereocenters. The Kier molecular flexibility index (Phi) is 5.29. The van der Waals surface area contributed by atoms with Crippen LogP contribution in [0, 0.1) is 3.57 Å². The van der Waals surface area contributed by atoms with E-state index in [2.05, 4.69) is 32.9 Å². The van der Waals surface area contributed by atoms with Gasteiger partial charge < -0.3 is 15.0 Å². The van der Waals surface area contributed by atoms with Crippen LogP contribution in [0.25, 0.3) is 10.9 Å². The number of pyridine rings is 1. The number of fused-ring (bicyclic) bond motifs is 1.